The van der Waals surface area contributed by atoms with E-state index in [0.29, 0.717) is 0 Å². The van der Waals surface area contributed by atoms with Gasteiger partial charge in [0.05, 0.1) is 16.1 Å². The Morgan fingerprint density at radius 2 is 1.53 bits per heavy atom. The fourth-order valence-electron chi connectivity index (χ4n) is 1.36. The van der Waals surface area contributed by atoms with Crippen molar-refractivity contribution in [1.82, 2.24) is 0 Å². The molecule has 0 unspecified atom stereocenters. The van der Waals surface area contributed by atoms with Crippen LogP contribution in [-0.2, 0) is 0 Å². The lowest BCUT2D eigenvalue weighted by Crippen LogP contribution is -2.13. The normalized spacial score (nSPS) is 10.0. The van der Waals surface area contributed by atoms with E-state index in [2.05, 4.69) is 0 Å². The van der Waals surface area contributed by atoms with Gasteiger partial charge in [-0.2, -0.15) is 0 Å². The van der Waals surface area contributed by atoms with Crippen molar-refractivity contribution >= 4 is 17.3 Å². The minimum absolute atomic E-state index is 0.350. The van der Waals surface area contributed by atoms with Gasteiger partial charge >= 0.3 is 0 Å². The average molecular weight is 239 g/mol. The minimum atomic E-state index is -0.891. The van der Waals surface area contributed by atoms with Crippen LogP contribution in [0.2, 0.25) is 0 Å². The van der Waals surface area contributed by atoms with Crippen LogP contribution in [-0.4, -0.2) is 39.9 Å². The van der Waals surface area contributed by atoms with E-state index in [9.17, 15) is 19.7 Å². The Morgan fingerprint density at radius 1 is 1.12 bits per heavy atom. The SMILES string of the molecule is O=C(CO)c1cccc(C(=O)CO)c1[N+](=O)[O-]. The van der Waals surface area contributed by atoms with Crippen molar-refractivity contribution in [2.75, 3.05) is 13.2 Å². The molecule has 0 amide bonds. The average Bonchev–Trinajstić information content (AvgIpc) is 2.35. The molecule has 1 aromatic carbocycles. The van der Waals surface area contributed by atoms with E-state index in [-0.39, 0.29) is 11.1 Å². The molecule has 1 aromatic rings. The van der Waals surface area contributed by atoms with Crippen molar-refractivity contribution in [3.63, 3.8) is 0 Å². The van der Waals surface area contributed by atoms with E-state index < -0.39 is 35.4 Å². The molecule has 90 valence electrons. The predicted octanol–water partition coefficient (Wildman–Crippen LogP) is -0.0552. The van der Waals surface area contributed by atoms with Gasteiger partial charge in [0.25, 0.3) is 5.69 Å². The fourth-order valence-corrected chi connectivity index (χ4v) is 1.36. The summed E-state index contributed by atoms with van der Waals surface area (Å²) in [6.45, 7) is -1.78. The van der Waals surface area contributed by atoms with Crippen LogP contribution in [0.15, 0.2) is 18.2 Å². The number of ketones is 2. The van der Waals surface area contributed by atoms with Crippen LogP contribution in [0.1, 0.15) is 20.7 Å². The Morgan fingerprint density at radius 3 is 1.82 bits per heavy atom. The first-order chi connectivity index (χ1) is 8.02. The maximum absolute atomic E-state index is 11.3. The summed E-state index contributed by atoms with van der Waals surface area (Å²) in [6, 6.07) is 3.56. The second kappa shape index (κ2) is 5.28. The Balaban J connectivity index is 3.48. The molecular weight excluding hydrogens is 230 g/mol. The molecule has 0 aliphatic rings. The number of hydrogen-bond acceptors (Lipinski definition) is 6. The largest absolute Gasteiger partial charge is 0.388 e. The molecule has 0 heterocycles. The standard InChI is InChI=1S/C10H9NO6/c12-4-8(14)6-2-1-3-7(9(15)5-13)10(6)11(16)17/h1-3,12-13H,4-5H2. The number of benzene rings is 1. The van der Waals surface area contributed by atoms with Gasteiger partial charge in [0, 0.05) is 0 Å². The van der Waals surface area contributed by atoms with Crippen LogP contribution >= 0.6 is 0 Å². The van der Waals surface area contributed by atoms with E-state index in [4.69, 9.17) is 10.2 Å². The number of para-hydroxylation sites is 1. The number of carbonyl (C=O) groups excluding carboxylic acids is 2. The zero-order chi connectivity index (χ0) is 13.0. The number of nitro groups is 1. The zero-order valence-corrected chi connectivity index (χ0v) is 8.62. The Bertz CT molecular complexity index is 447. The summed E-state index contributed by atoms with van der Waals surface area (Å²) in [5.74, 6) is -1.71. The summed E-state index contributed by atoms with van der Waals surface area (Å²) < 4.78 is 0. The summed E-state index contributed by atoms with van der Waals surface area (Å²) >= 11 is 0. The predicted molar refractivity (Wildman–Crippen MR) is 55.9 cm³/mol. The third-order valence-electron chi connectivity index (χ3n) is 2.11. The maximum Gasteiger partial charge on any atom is 0.291 e. The zero-order valence-electron chi connectivity index (χ0n) is 8.62. The number of Topliss-reactive ketones (excluding diaryl/α,β-unsaturated/α-hetero) is 2. The van der Waals surface area contributed by atoms with E-state index in [0.717, 1.165) is 12.1 Å². The summed E-state index contributed by atoms with van der Waals surface area (Å²) in [7, 11) is 0. The molecule has 0 fully saturated rings. The van der Waals surface area contributed by atoms with Gasteiger partial charge in [-0.05, 0) is 12.1 Å². The van der Waals surface area contributed by atoms with Crippen LogP contribution < -0.4 is 0 Å². The van der Waals surface area contributed by atoms with Gasteiger partial charge in [-0.3, -0.25) is 19.7 Å². The summed E-state index contributed by atoms with van der Waals surface area (Å²) in [5.41, 5.74) is -1.39. The monoisotopic (exact) mass is 239 g/mol. The van der Waals surface area contributed by atoms with Crippen molar-refractivity contribution in [2.24, 2.45) is 0 Å². The second-order valence-corrected chi connectivity index (χ2v) is 3.12. The number of nitrogens with zero attached hydrogens (tertiary/aromatic N) is 1. The quantitative estimate of drug-likeness (QED) is 0.422. The molecule has 0 aliphatic carbocycles. The molecule has 0 spiro atoms. The van der Waals surface area contributed by atoms with Crippen LogP contribution in [0, 0.1) is 10.1 Å². The number of rotatable bonds is 5. The van der Waals surface area contributed by atoms with Crippen LogP contribution in [0.5, 0.6) is 0 Å². The number of carbonyl (C=O) groups is 2. The van der Waals surface area contributed by atoms with Crippen molar-refractivity contribution in [3.05, 3.63) is 39.4 Å². The molecule has 0 saturated carbocycles. The minimum Gasteiger partial charge on any atom is -0.388 e. The van der Waals surface area contributed by atoms with Gasteiger partial charge in [-0.25, -0.2) is 0 Å². The highest BCUT2D eigenvalue weighted by atomic mass is 16.6. The van der Waals surface area contributed by atoms with Gasteiger partial charge < -0.3 is 10.2 Å². The van der Waals surface area contributed by atoms with Crippen molar-refractivity contribution in [3.8, 4) is 0 Å². The van der Waals surface area contributed by atoms with Gasteiger partial charge in [0.1, 0.15) is 13.2 Å². The van der Waals surface area contributed by atoms with Gasteiger partial charge in [-0.15, -0.1) is 0 Å². The molecule has 7 heteroatoms. The third kappa shape index (κ3) is 2.52. The van der Waals surface area contributed by atoms with Crippen molar-refractivity contribution < 1.29 is 24.7 Å². The highest BCUT2D eigenvalue weighted by Gasteiger charge is 2.26. The lowest BCUT2D eigenvalue weighted by atomic mass is 10.0. The lowest BCUT2D eigenvalue weighted by Gasteiger charge is -2.04. The molecule has 0 radical (unpaired) electrons. The van der Waals surface area contributed by atoms with Gasteiger partial charge in [0.15, 0.2) is 11.6 Å². The summed E-state index contributed by atoms with van der Waals surface area (Å²) in [6.07, 6.45) is 0. The maximum atomic E-state index is 11.3. The second-order valence-electron chi connectivity index (χ2n) is 3.12. The van der Waals surface area contributed by atoms with E-state index in [1.54, 1.807) is 0 Å². The third-order valence-corrected chi connectivity index (χ3v) is 2.11. The number of aliphatic hydroxyl groups is 2. The molecule has 0 atom stereocenters. The fraction of sp³-hybridized carbons (Fsp3) is 0.200. The van der Waals surface area contributed by atoms with E-state index >= 15 is 0 Å². The first-order valence-corrected chi connectivity index (χ1v) is 4.58. The van der Waals surface area contributed by atoms with E-state index in [1.807, 2.05) is 0 Å². The van der Waals surface area contributed by atoms with Crippen molar-refractivity contribution in [2.45, 2.75) is 0 Å². The van der Waals surface area contributed by atoms with Crippen molar-refractivity contribution in [1.29, 1.82) is 0 Å². The summed E-state index contributed by atoms with van der Waals surface area (Å²) in [4.78, 5) is 32.5. The first-order valence-electron chi connectivity index (χ1n) is 4.58. The van der Waals surface area contributed by atoms with Crippen LogP contribution in [0.3, 0.4) is 0 Å². The molecule has 1 rings (SSSR count). The summed E-state index contributed by atoms with van der Waals surface area (Å²) in [5, 5.41) is 28.2. The van der Waals surface area contributed by atoms with E-state index in [1.165, 1.54) is 6.07 Å². The Labute approximate surface area is 95.5 Å². The van der Waals surface area contributed by atoms with Gasteiger partial charge in [-0.1, -0.05) is 6.07 Å². The first kappa shape index (κ1) is 12.9. The number of hydrogen-bond donors (Lipinski definition) is 2. The van der Waals surface area contributed by atoms with Gasteiger partial charge in [0.2, 0.25) is 0 Å². The highest BCUT2D eigenvalue weighted by molar-refractivity contribution is 6.07. The molecule has 0 bridgehead atoms. The Kier molecular flexibility index (Phi) is 4.02. The molecule has 0 aromatic heterocycles. The molecular formula is C10H9NO6. The van der Waals surface area contributed by atoms with Crippen LogP contribution in [0.25, 0.3) is 0 Å². The topological polar surface area (TPSA) is 118 Å². The molecule has 17 heavy (non-hydrogen) atoms. The number of aliphatic hydroxyl groups excluding tert-OH is 2. The van der Waals surface area contributed by atoms with Crippen LogP contribution in [0.4, 0.5) is 5.69 Å². The number of nitro benzene ring substituents is 1. The molecule has 0 aliphatic heterocycles. The molecule has 7 nitrogen and oxygen atoms in total. The molecule has 2 N–H and O–H groups in total. The highest BCUT2D eigenvalue weighted by Crippen LogP contribution is 2.24. The Hall–Kier alpha value is -2.12. The molecule has 0 saturated heterocycles. The lowest BCUT2D eigenvalue weighted by molar-refractivity contribution is -0.385. The smallest absolute Gasteiger partial charge is 0.291 e.